The molecular weight excluding hydrogens is 266 g/mol. The predicted octanol–water partition coefficient (Wildman–Crippen LogP) is 3.53. The third-order valence-electron chi connectivity index (χ3n) is 2.64. The van der Waals surface area contributed by atoms with Gasteiger partial charge in [0, 0.05) is 30.2 Å². The van der Waals surface area contributed by atoms with Crippen molar-refractivity contribution >= 4 is 15.9 Å². The molecule has 0 bridgehead atoms. The predicted molar refractivity (Wildman–Crippen MR) is 69.6 cm³/mol. The van der Waals surface area contributed by atoms with Crippen LogP contribution in [-0.4, -0.2) is 16.8 Å². The number of halogens is 1. The van der Waals surface area contributed by atoms with Crippen LogP contribution in [-0.2, 0) is 6.54 Å². The highest BCUT2D eigenvalue weighted by molar-refractivity contribution is 9.09. The summed E-state index contributed by atoms with van der Waals surface area (Å²) >= 11 is 3.45. The number of unbranched alkanes of at least 4 members (excludes halogenated alkanes) is 1. The Balaban J connectivity index is 1.98. The number of ether oxygens (including phenoxy) is 1. The summed E-state index contributed by atoms with van der Waals surface area (Å²) in [5.74, 6) is 0.974. The summed E-state index contributed by atoms with van der Waals surface area (Å²) in [5, 5.41) is 1.08. The average molecular weight is 282 g/mol. The van der Waals surface area contributed by atoms with Gasteiger partial charge in [0.05, 0.1) is 0 Å². The van der Waals surface area contributed by atoms with E-state index in [-0.39, 0.29) is 0 Å². The molecule has 0 spiro atoms. The highest BCUT2D eigenvalue weighted by Gasteiger charge is 2.09. The lowest BCUT2D eigenvalue weighted by Crippen LogP contribution is -2.17. The summed E-state index contributed by atoms with van der Waals surface area (Å²) in [6.45, 7) is 2.02. The summed E-state index contributed by atoms with van der Waals surface area (Å²) in [6.07, 6.45) is 6.23. The topological polar surface area (TPSA) is 12.5 Å². The SMILES string of the molecule is BrCCCCN1C=COc2ccccc2C1. The summed E-state index contributed by atoms with van der Waals surface area (Å²) in [5.41, 5.74) is 1.26. The van der Waals surface area contributed by atoms with Gasteiger partial charge in [-0.2, -0.15) is 0 Å². The molecule has 2 nitrogen and oxygen atoms in total. The van der Waals surface area contributed by atoms with Crippen LogP contribution < -0.4 is 4.74 Å². The lowest BCUT2D eigenvalue weighted by atomic mass is 10.2. The van der Waals surface area contributed by atoms with E-state index < -0.39 is 0 Å². The molecule has 2 rings (SSSR count). The van der Waals surface area contributed by atoms with Crippen LogP contribution in [0.5, 0.6) is 5.75 Å². The maximum absolute atomic E-state index is 5.55. The van der Waals surface area contributed by atoms with E-state index in [1.807, 2.05) is 18.3 Å². The zero-order valence-electron chi connectivity index (χ0n) is 9.23. The molecular formula is C13H16BrNO. The number of para-hydroxylation sites is 1. The van der Waals surface area contributed by atoms with E-state index in [4.69, 9.17) is 4.74 Å². The molecule has 0 aliphatic carbocycles. The van der Waals surface area contributed by atoms with Crippen LogP contribution in [0.1, 0.15) is 18.4 Å². The summed E-state index contributed by atoms with van der Waals surface area (Å²) in [4.78, 5) is 2.30. The van der Waals surface area contributed by atoms with E-state index in [9.17, 15) is 0 Å². The highest BCUT2D eigenvalue weighted by atomic mass is 79.9. The van der Waals surface area contributed by atoms with Gasteiger partial charge in [0.1, 0.15) is 12.0 Å². The van der Waals surface area contributed by atoms with Crippen LogP contribution in [0.4, 0.5) is 0 Å². The molecule has 1 heterocycles. The van der Waals surface area contributed by atoms with Gasteiger partial charge in [-0.1, -0.05) is 34.1 Å². The molecule has 0 N–H and O–H groups in total. The summed E-state index contributed by atoms with van der Waals surface area (Å²) < 4.78 is 5.55. The molecule has 0 unspecified atom stereocenters. The lowest BCUT2D eigenvalue weighted by Gasteiger charge is -2.18. The van der Waals surface area contributed by atoms with Gasteiger partial charge < -0.3 is 9.64 Å². The number of hydrogen-bond donors (Lipinski definition) is 0. The van der Waals surface area contributed by atoms with Gasteiger partial charge in [-0.25, -0.2) is 0 Å². The first-order chi connectivity index (χ1) is 7.90. The number of rotatable bonds is 4. The number of fused-ring (bicyclic) bond motifs is 1. The molecule has 86 valence electrons. The Morgan fingerprint density at radius 2 is 2.12 bits per heavy atom. The van der Waals surface area contributed by atoms with Crippen molar-refractivity contribution in [1.29, 1.82) is 0 Å². The molecule has 1 aliphatic rings. The molecule has 0 fully saturated rings. The lowest BCUT2D eigenvalue weighted by molar-refractivity contribution is 0.362. The Morgan fingerprint density at radius 1 is 1.25 bits per heavy atom. The highest BCUT2D eigenvalue weighted by Crippen LogP contribution is 2.22. The zero-order chi connectivity index (χ0) is 11.2. The van der Waals surface area contributed by atoms with E-state index in [0.717, 1.165) is 24.2 Å². The molecule has 16 heavy (non-hydrogen) atoms. The van der Waals surface area contributed by atoms with Gasteiger partial charge in [0.2, 0.25) is 0 Å². The van der Waals surface area contributed by atoms with E-state index >= 15 is 0 Å². The van der Waals surface area contributed by atoms with Crippen molar-refractivity contribution in [3.63, 3.8) is 0 Å². The van der Waals surface area contributed by atoms with Crippen molar-refractivity contribution in [2.24, 2.45) is 0 Å². The number of hydrogen-bond acceptors (Lipinski definition) is 2. The maximum atomic E-state index is 5.55. The van der Waals surface area contributed by atoms with Gasteiger partial charge in [0.15, 0.2) is 0 Å². The largest absolute Gasteiger partial charge is 0.463 e. The first-order valence-corrected chi connectivity index (χ1v) is 6.73. The van der Waals surface area contributed by atoms with E-state index in [2.05, 4.69) is 33.0 Å². The van der Waals surface area contributed by atoms with E-state index in [1.54, 1.807) is 6.26 Å². The third kappa shape index (κ3) is 3.01. The second kappa shape index (κ2) is 5.94. The minimum absolute atomic E-state index is 0.939. The molecule has 1 aromatic carbocycles. The molecule has 0 aromatic heterocycles. The van der Waals surface area contributed by atoms with Crippen molar-refractivity contribution < 1.29 is 4.74 Å². The van der Waals surface area contributed by atoms with Crippen molar-refractivity contribution in [3.05, 3.63) is 42.3 Å². The Hall–Kier alpha value is -0.960. The molecule has 0 amide bonds. The van der Waals surface area contributed by atoms with Crippen LogP contribution in [0.2, 0.25) is 0 Å². The molecule has 0 saturated heterocycles. The van der Waals surface area contributed by atoms with Crippen molar-refractivity contribution in [2.45, 2.75) is 19.4 Å². The normalized spacial score (nSPS) is 14.2. The second-order valence-electron chi connectivity index (χ2n) is 3.88. The molecule has 3 heteroatoms. The summed E-state index contributed by atoms with van der Waals surface area (Å²) in [7, 11) is 0. The third-order valence-corrected chi connectivity index (χ3v) is 3.20. The first kappa shape index (κ1) is 11.5. The number of benzene rings is 1. The van der Waals surface area contributed by atoms with Crippen LogP contribution in [0.25, 0.3) is 0 Å². The minimum atomic E-state index is 0.939. The van der Waals surface area contributed by atoms with Gasteiger partial charge in [-0.3, -0.25) is 0 Å². The van der Waals surface area contributed by atoms with Crippen LogP contribution >= 0.6 is 15.9 Å². The standard InChI is InChI=1S/C13H16BrNO/c14-7-3-4-8-15-9-10-16-13-6-2-1-5-12(13)11-15/h1-2,5-6,9-10H,3-4,7-8,11H2. The molecule has 1 aliphatic heterocycles. The minimum Gasteiger partial charge on any atom is -0.463 e. The Morgan fingerprint density at radius 3 is 3.00 bits per heavy atom. The van der Waals surface area contributed by atoms with Crippen LogP contribution in [0, 0.1) is 0 Å². The Kier molecular flexibility index (Phi) is 4.28. The van der Waals surface area contributed by atoms with Gasteiger partial charge in [0.25, 0.3) is 0 Å². The smallest absolute Gasteiger partial charge is 0.131 e. The van der Waals surface area contributed by atoms with E-state index in [1.165, 1.54) is 18.4 Å². The van der Waals surface area contributed by atoms with E-state index in [0.29, 0.717) is 0 Å². The fourth-order valence-corrected chi connectivity index (χ4v) is 2.17. The van der Waals surface area contributed by atoms with Crippen molar-refractivity contribution in [3.8, 4) is 5.75 Å². The van der Waals surface area contributed by atoms with Gasteiger partial charge >= 0.3 is 0 Å². The van der Waals surface area contributed by atoms with Crippen molar-refractivity contribution in [2.75, 3.05) is 11.9 Å². The maximum Gasteiger partial charge on any atom is 0.131 e. The fraction of sp³-hybridized carbons (Fsp3) is 0.385. The van der Waals surface area contributed by atoms with Gasteiger partial charge in [-0.05, 0) is 18.9 Å². The molecule has 0 radical (unpaired) electrons. The quantitative estimate of drug-likeness (QED) is 0.619. The van der Waals surface area contributed by atoms with Gasteiger partial charge in [-0.15, -0.1) is 0 Å². The molecule has 0 saturated carbocycles. The monoisotopic (exact) mass is 281 g/mol. The van der Waals surface area contributed by atoms with Crippen LogP contribution in [0.15, 0.2) is 36.7 Å². The summed E-state index contributed by atoms with van der Waals surface area (Å²) in [6, 6.07) is 8.21. The Labute approximate surface area is 105 Å². The zero-order valence-corrected chi connectivity index (χ0v) is 10.8. The van der Waals surface area contributed by atoms with Crippen molar-refractivity contribution in [1.82, 2.24) is 4.90 Å². The Bertz CT molecular complexity index is 365. The average Bonchev–Trinajstić information content (AvgIpc) is 2.51. The second-order valence-corrected chi connectivity index (χ2v) is 4.67. The first-order valence-electron chi connectivity index (χ1n) is 5.61. The van der Waals surface area contributed by atoms with Crippen LogP contribution in [0.3, 0.4) is 0 Å². The number of alkyl halides is 1. The molecule has 1 aromatic rings. The number of nitrogens with zero attached hydrogens (tertiary/aromatic N) is 1. The molecule has 0 atom stereocenters. The fourth-order valence-electron chi connectivity index (χ4n) is 1.77.